The zero-order valence-electron chi connectivity index (χ0n) is 17.8. The number of nitrogens with zero attached hydrogens (tertiary/aromatic N) is 2. The van der Waals surface area contributed by atoms with Gasteiger partial charge in [-0.3, -0.25) is 0 Å². The second-order valence-corrected chi connectivity index (χ2v) is 7.45. The minimum absolute atomic E-state index is 0.0240. The average Bonchev–Trinajstić information content (AvgIpc) is 2.79. The Bertz CT molecular complexity index is 1170. The highest BCUT2D eigenvalue weighted by molar-refractivity contribution is 6.35. The number of carbonyl (C=O) groups is 1. The molecule has 0 radical (unpaired) electrons. The van der Waals surface area contributed by atoms with E-state index in [0.29, 0.717) is 5.75 Å². The largest absolute Gasteiger partial charge is 0.496 e. The van der Waals surface area contributed by atoms with E-state index in [1.54, 1.807) is 7.11 Å². The highest BCUT2D eigenvalue weighted by Crippen LogP contribution is 2.35. The molecule has 0 aliphatic carbocycles. The van der Waals surface area contributed by atoms with Crippen LogP contribution in [0.15, 0.2) is 30.3 Å². The molecule has 1 aromatic heterocycles. The lowest BCUT2D eigenvalue weighted by molar-refractivity contribution is 0.0594. The molecule has 3 rings (SSSR count). The molecule has 0 aliphatic rings. The molecule has 0 fully saturated rings. The molecule has 32 heavy (non-hydrogen) atoms. The fourth-order valence-electron chi connectivity index (χ4n) is 2.99. The lowest BCUT2D eigenvalue weighted by atomic mass is 10.1. The standard InChI is InChI=1S/C22H20Cl2FN3O4/c1-11-5-6-12(15(9-11)30-2)10-26-21-16(24)18(22(29)32-4)27-20(28-21)13-7-8-14(23)19(31-3)17(13)25/h5-9H,10H2,1-4H3,(H,26,27,28). The van der Waals surface area contributed by atoms with Crippen molar-refractivity contribution in [1.82, 2.24) is 9.97 Å². The Labute approximate surface area is 194 Å². The molecule has 1 heterocycles. The molecular formula is C22H20Cl2FN3O4. The van der Waals surface area contributed by atoms with Gasteiger partial charge in [-0.1, -0.05) is 35.3 Å². The third-order valence-corrected chi connectivity index (χ3v) is 5.27. The Balaban J connectivity index is 2.08. The second kappa shape index (κ2) is 10.0. The van der Waals surface area contributed by atoms with Gasteiger partial charge < -0.3 is 19.5 Å². The Morgan fingerprint density at radius 1 is 1.09 bits per heavy atom. The molecule has 2 aromatic carbocycles. The van der Waals surface area contributed by atoms with E-state index in [1.807, 2.05) is 25.1 Å². The van der Waals surface area contributed by atoms with Crippen LogP contribution in [-0.4, -0.2) is 37.3 Å². The van der Waals surface area contributed by atoms with Crippen molar-refractivity contribution >= 4 is 35.0 Å². The fourth-order valence-corrected chi connectivity index (χ4v) is 3.44. The van der Waals surface area contributed by atoms with Gasteiger partial charge in [-0.15, -0.1) is 0 Å². The van der Waals surface area contributed by atoms with Crippen molar-refractivity contribution in [3.8, 4) is 22.9 Å². The maximum atomic E-state index is 15.0. The summed E-state index contributed by atoms with van der Waals surface area (Å²) in [5.74, 6) is -1.04. The number of aryl methyl sites for hydroxylation is 1. The van der Waals surface area contributed by atoms with E-state index in [2.05, 4.69) is 15.3 Å². The normalized spacial score (nSPS) is 10.6. The van der Waals surface area contributed by atoms with E-state index in [-0.39, 0.29) is 45.2 Å². The Hall–Kier alpha value is -3.10. The van der Waals surface area contributed by atoms with Crippen molar-refractivity contribution in [2.75, 3.05) is 26.6 Å². The van der Waals surface area contributed by atoms with Crippen molar-refractivity contribution in [3.05, 3.63) is 63.0 Å². The molecule has 0 bridgehead atoms. The number of hydrogen-bond donors (Lipinski definition) is 1. The topological polar surface area (TPSA) is 82.6 Å². The van der Waals surface area contributed by atoms with Crippen molar-refractivity contribution in [3.63, 3.8) is 0 Å². The highest BCUT2D eigenvalue weighted by atomic mass is 35.5. The smallest absolute Gasteiger partial charge is 0.358 e. The molecule has 7 nitrogen and oxygen atoms in total. The van der Waals surface area contributed by atoms with E-state index in [4.69, 9.17) is 37.4 Å². The number of hydrogen-bond acceptors (Lipinski definition) is 7. The molecule has 0 amide bonds. The van der Waals surface area contributed by atoms with Gasteiger partial charge in [0.05, 0.1) is 31.9 Å². The van der Waals surface area contributed by atoms with Crippen LogP contribution in [0.1, 0.15) is 21.6 Å². The average molecular weight is 480 g/mol. The number of nitrogens with one attached hydrogen (secondary N) is 1. The number of anilines is 1. The van der Waals surface area contributed by atoms with Crippen molar-refractivity contribution in [2.45, 2.75) is 13.5 Å². The van der Waals surface area contributed by atoms with Gasteiger partial charge in [0.25, 0.3) is 0 Å². The number of rotatable bonds is 7. The maximum Gasteiger partial charge on any atom is 0.358 e. The Morgan fingerprint density at radius 3 is 2.50 bits per heavy atom. The first-order valence-electron chi connectivity index (χ1n) is 9.36. The van der Waals surface area contributed by atoms with Crippen molar-refractivity contribution in [2.24, 2.45) is 0 Å². The summed E-state index contributed by atoms with van der Waals surface area (Å²) in [5.41, 5.74) is 1.62. The van der Waals surface area contributed by atoms with Crippen LogP contribution in [0.2, 0.25) is 10.0 Å². The van der Waals surface area contributed by atoms with E-state index in [9.17, 15) is 9.18 Å². The summed E-state index contributed by atoms with van der Waals surface area (Å²) in [4.78, 5) is 20.7. The van der Waals surface area contributed by atoms with Crippen LogP contribution in [0, 0.1) is 12.7 Å². The monoisotopic (exact) mass is 479 g/mol. The molecule has 0 aliphatic heterocycles. The van der Waals surface area contributed by atoms with E-state index in [1.165, 1.54) is 26.4 Å². The van der Waals surface area contributed by atoms with Crippen molar-refractivity contribution in [1.29, 1.82) is 0 Å². The van der Waals surface area contributed by atoms with Crippen LogP contribution >= 0.6 is 23.2 Å². The number of methoxy groups -OCH3 is 3. The van der Waals surface area contributed by atoms with Gasteiger partial charge in [0.1, 0.15) is 16.6 Å². The summed E-state index contributed by atoms with van der Waals surface area (Å²) < 4.78 is 30.2. The summed E-state index contributed by atoms with van der Waals surface area (Å²) in [6.45, 7) is 2.22. The molecule has 0 atom stereocenters. The zero-order valence-corrected chi connectivity index (χ0v) is 19.3. The number of carbonyl (C=O) groups excluding carboxylic acids is 1. The molecule has 0 unspecified atom stereocenters. The van der Waals surface area contributed by atoms with Crippen molar-refractivity contribution < 1.29 is 23.4 Å². The summed E-state index contributed by atoms with van der Waals surface area (Å²) in [5, 5.41) is 3.08. The van der Waals surface area contributed by atoms with Gasteiger partial charge in [0.2, 0.25) is 0 Å². The quantitative estimate of drug-likeness (QED) is 0.459. The number of halogens is 3. The third-order valence-electron chi connectivity index (χ3n) is 4.61. The second-order valence-electron chi connectivity index (χ2n) is 6.66. The number of esters is 1. The number of aromatic nitrogens is 2. The predicted octanol–water partition coefficient (Wildman–Crippen LogP) is 5.31. The Morgan fingerprint density at radius 2 is 1.84 bits per heavy atom. The summed E-state index contributed by atoms with van der Waals surface area (Å²) in [7, 11) is 4.05. The molecule has 0 spiro atoms. The molecular weight excluding hydrogens is 460 g/mol. The van der Waals surface area contributed by atoms with E-state index < -0.39 is 11.8 Å². The molecule has 168 valence electrons. The van der Waals surface area contributed by atoms with Crippen LogP contribution in [0.5, 0.6) is 11.5 Å². The molecule has 1 N–H and O–H groups in total. The molecule has 0 saturated heterocycles. The first kappa shape index (κ1) is 23.6. The first-order valence-corrected chi connectivity index (χ1v) is 10.1. The van der Waals surface area contributed by atoms with Gasteiger partial charge in [-0.25, -0.2) is 19.2 Å². The third kappa shape index (κ3) is 4.71. The number of ether oxygens (including phenoxy) is 3. The molecule has 0 saturated carbocycles. The lowest BCUT2D eigenvalue weighted by Crippen LogP contribution is -2.12. The van der Waals surface area contributed by atoms with E-state index in [0.717, 1.165) is 11.1 Å². The maximum absolute atomic E-state index is 15.0. The molecule has 3 aromatic rings. The van der Waals surface area contributed by atoms with Gasteiger partial charge in [0, 0.05) is 12.1 Å². The van der Waals surface area contributed by atoms with Crippen LogP contribution < -0.4 is 14.8 Å². The lowest BCUT2D eigenvalue weighted by Gasteiger charge is -2.15. The van der Waals surface area contributed by atoms with Gasteiger partial charge in [-0.05, 0) is 30.7 Å². The Kier molecular flexibility index (Phi) is 7.37. The van der Waals surface area contributed by atoms with Crippen LogP contribution in [0.25, 0.3) is 11.4 Å². The van der Waals surface area contributed by atoms with Crippen LogP contribution in [-0.2, 0) is 11.3 Å². The minimum atomic E-state index is -0.795. The SMILES string of the molecule is COC(=O)c1nc(-c2ccc(Cl)c(OC)c2F)nc(NCc2ccc(C)cc2OC)c1Cl. The van der Waals surface area contributed by atoms with Gasteiger partial charge in [-0.2, -0.15) is 0 Å². The van der Waals surface area contributed by atoms with Crippen LogP contribution in [0.3, 0.4) is 0 Å². The van der Waals surface area contributed by atoms with Gasteiger partial charge >= 0.3 is 5.97 Å². The summed E-state index contributed by atoms with van der Waals surface area (Å²) >= 11 is 12.4. The summed E-state index contributed by atoms with van der Waals surface area (Å²) in [6.07, 6.45) is 0. The van der Waals surface area contributed by atoms with Gasteiger partial charge in [0.15, 0.2) is 23.1 Å². The minimum Gasteiger partial charge on any atom is -0.496 e. The summed E-state index contributed by atoms with van der Waals surface area (Å²) in [6, 6.07) is 8.54. The van der Waals surface area contributed by atoms with Crippen LogP contribution in [0.4, 0.5) is 10.2 Å². The number of benzene rings is 2. The van der Waals surface area contributed by atoms with E-state index >= 15 is 0 Å². The molecule has 10 heteroatoms. The first-order chi connectivity index (χ1) is 15.3. The highest BCUT2D eigenvalue weighted by Gasteiger charge is 2.23. The predicted molar refractivity (Wildman–Crippen MR) is 120 cm³/mol. The fraction of sp³-hybridized carbons (Fsp3) is 0.227. The zero-order chi connectivity index (χ0) is 23.4.